The molecule has 2 N–H and O–H groups in total. The van der Waals surface area contributed by atoms with Crippen molar-refractivity contribution in [2.75, 3.05) is 6.54 Å². The van der Waals surface area contributed by atoms with E-state index in [-0.39, 0.29) is 22.9 Å². The van der Waals surface area contributed by atoms with Gasteiger partial charge in [-0.2, -0.15) is 0 Å². The Morgan fingerprint density at radius 3 is 2.92 bits per heavy atom. The molecule has 1 aromatic heterocycles. The lowest BCUT2D eigenvalue weighted by Gasteiger charge is -2.07. The highest BCUT2D eigenvalue weighted by molar-refractivity contribution is 6.31. The molecule has 0 fully saturated rings. The SMILES string of the molecule is Cc1ccc2[nH]cc(CCNC(=O)Cc3c(F)cccc3Cl)c2c1. The van der Waals surface area contributed by atoms with Crippen molar-refractivity contribution in [2.45, 2.75) is 19.8 Å². The number of amides is 1. The van der Waals surface area contributed by atoms with Crippen molar-refractivity contribution in [3.63, 3.8) is 0 Å². The topological polar surface area (TPSA) is 44.9 Å². The van der Waals surface area contributed by atoms with Crippen molar-refractivity contribution < 1.29 is 9.18 Å². The number of carbonyl (C=O) groups excluding carboxylic acids is 1. The lowest BCUT2D eigenvalue weighted by atomic mass is 10.1. The lowest BCUT2D eigenvalue weighted by Crippen LogP contribution is -2.27. The van der Waals surface area contributed by atoms with Gasteiger partial charge in [0.25, 0.3) is 0 Å². The smallest absolute Gasteiger partial charge is 0.224 e. The van der Waals surface area contributed by atoms with Crippen molar-refractivity contribution in [2.24, 2.45) is 0 Å². The maximum absolute atomic E-state index is 13.7. The van der Waals surface area contributed by atoms with Gasteiger partial charge in [0.15, 0.2) is 0 Å². The highest BCUT2D eigenvalue weighted by Gasteiger charge is 2.12. The molecule has 2 aromatic carbocycles. The van der Waals surface area contributed by atoms with Crippen molar-refractivity contribution >= 4 is 28.4 Å². The Kier molecular flexibility index (Phi) is 4.86. The van der Waals surface area contributed by atoms with Crippen LogP contribution in [0.25, 0.3) is 10.9 Å². The Morgan fingerprint density at radius 1 is 1.29 bits per heavy atom. The van der Waals surface area contributed by atoms with Crippen LogP contribution in [-0.2, 0) is 17.6 Å². The first kappa shape index (κ1) is 16.5. The standard InChI is InChI=1S/C19H18ClFN2O/c1-12-5-6-18-14(9-12)13(11-23-18)7-8-22-19(24)10-15-16(20)3-2-4-17(15)21/h2-6,9,11,23H,7-8,10H2,1H3,(H,22,24). The molecule has 24 heavy (non-hydrogen) atoms. The van der Waals surface area contributed by atoms with Gasteiger partial charge in [-0.3, -0.25) is 4.79 Å². The van der Waals surface area contributed by atoms with Gasteiger partial charge in [0.1, 0.15) is 5.82 Å². The minimum Gasteiger partial charge on any atom is -0.361 e. The van der Waals surface area contributed by atoms with Crippen LogP contribution in [0.15, 0.2) is 42.6 Å². The summed E-state index contributed by atoms with van der Waals surface area (Å²) in [6.45, 7) is 2.54. The zero-order valence-electron chi connectivity index (χ0n) is 13.3. The maximum atomic E-state index is 13.7. The average Bonchev–Trinajstić information content (AvgIpc) is 2.93. The molecule has 0 spiro atoms. The number of H-pyrrole nitrogens is 1. The normalized spacial score (nSPS) is 11.0. The summed E-state index contributed by atoms with van der Waals surface area (Å²) in [7, 11) is 0. The molecular formula is C19H18ClFN2O. The van der Waals surface area contributed by atoms with E-state index in [4.69, 9.17) is 11.6 Å². The maximum Gasteiger partial charge on any atom is 0.224 e. The van der Waals surface area contributed by atoms with E-state index in [1.54, 1.807) is 6.07 Å². The van der Waals surface area contributed by atoms with E-state index >= 15 is 0 Å². The highest BCUT2D eigenvalue weighted by atomic mass is 35.5. The van der Waals surface area contributed by atoms with Gasteiger partial charge in [-0.15, -0.1) is 0 Å². The second-order valence-electron chi connectivity index (χ2n) is 5.84. The van der Waals surface area contributed by atoms with Crippen molar-refractivity contribution in [3.8, 4) is 0 Å². The Hall–Kier alpha value is -2.33. The molecule has 0 radical (unpaired) electrons. The van der Waals surface area contributed by atoms with E-state index in [1.165, 1.54) is 23.1 Å². The molecule has 0 aliphatic heterocycles. The first-order valence-corrected chi connectivity index (χ1v) is 8.18. The summed E-state index contributed by atoms with van der Waals surface area (Å²) in [4.78, 5) is 15.2. The number of nitrogens with one attached hydrogen (secondary N) is 2. The van der Waals surface area contributed by atoms with Crippen LogP contribution in [0.2, 0.25) is 5.02 Å². The Labute approximate surface area is 144 Å². The van der Waals surface area contributed by atoms with E-state index in [0.717, 1.165) is 11.1 Å². The van der Waals surface area contributed by atoms with Gasteiger partial charge in [-0.1, -0.05) is 29.3 Å². The van der Waals surface area contributed by atoms with Gasteiger partial charge in [0, 0.05) is 34.2 Å². The minimum absolute atomic E-state index is 0.0570. The molecule has 0 aliphatic carbocycles. The number of rotatable bonds is 5. The van der Waals surface area contributed by atoms with Crippen LogP contribution in [0.4, 0.5) is 4.39 Å². The van der Waals surface area contributed by atoms with E-state index in [9.17, 15) is 9.18 Å². The van der Waals surface area contributed by atoms with Crippen LogP contribution in [0.1, 0.15) is 16.7 Å². The van der Waals surface area contributed by atoms with Crippen LogP contribution in [0.5, 0.6) is 0 Å². The molecule has 0 unspecified atom stereocenters. The van der Waals surface area contributed by atoms with Crippen molar-refractivity contribution in [3.05, 3.63) is 70.1 Å². The fourth-order valence-electron chi connectivity index (χ4n) is 2.76. The summed E-state index contributed by atoms with van der Waals surface area (Å²) in [6.07, 6.45) is 2.61. The molecule has 3 aromatic rings. The Morgan fingerprint density at radius 2 is 2.12 bits per heavy atom. The molecule has 124 valence electrons. The first-order chi connectivity index (χ1) is 11.5. The molecule has 3 rings (SSSR count). The Bertz CT molecular complexity index is 868. The lowest BCUT2D eigenvalue weighted by molar-refractivity contribution is -0.120. The highest BCUT2D eigenvalue weighted by Crippen LogP contribution is 2.21. The van der Waals surface area contributed by atoms with Gasteiger partial charge < -0.3 is 10.3 Å². The zero-order valence-corrected chi connectivity index (χ0v) is 14.1. The molecule has 1 heterocycles. The third-order valence-corrected chi connectivity index (χ3v) is 4.39. The number of halogens is 2. The third kappa shape index (κ3) is 3.60. The monoisotopic (exact) mass is 344 g/mol. The summed E-state index contributed by atoms with van der Waals surface area (Å²) in [5.74, 6) is -0.692. The molecule has 3 nitrogen and oxygen atoms in total. The van der Waals surface area contributed by atoms with E-state index < -0.39 is 5.82 Å². The summed E-state index contributed by atoms with van der Waals surface area (Å²) in [6, 6.07) is 10.7. The molecule has 1 amide bonds. The van der Waals surface area contributed by atoms with E-state index in [2.05, 4.69) is 29.4 Å². The summed E-state index contributed by atoms with van der Waals surface area (Å²) in [5.41, 5.74) is 3.67. The minimum atomic E-state index is -0.454. The Balaban J connectivity index is 1.59. The largest absolute Gasteiger partial charge is 0.361 e. The number of fused-ring (bicyclic) bond motifs is 1. The molecule has 5 heteroatoms. The van der Waals surface area contributed by atoms with Crippen molar-refractivity contribution in [1.82, 2.24) is 10.3 Å². The predicted octanol–water partition coefficient (Wildman–Crippen LogP) is 4.17. The average molecular weight is 345 g/mol. The second-order valence-corrected chi connectivity index (χ2v) is 6.25. The van der Waals surface area contributed by atoms with Crippen LogP contribution in [-0.4, -0.2) is 17.4 Å². The van der Waals surface area contributed by atoms with Crippen LogP contribution in [0, 0.1) is 12.7 Å². The molecule has 0 saturated heterocycles. The van der Waals surface area contributed by atoms with E-state index in [1.807, 2.05) is 12.3 Å². The van der Waals surface area contributed by atoms with E-state index in [0.29, 0.717) is 13.0 Å². The number of aromatic nitrogens is 1. The molecular weight excluding hydrogens is 327 g/mol. The van der Waals surface area contributed by atoms with Gasteiger partial charge in [-0.05, 0) is 43.2 Å². The van der Waals surface area contributed by atoms with Crippen LogP contribution < -0.4 is 5.32 Å². The number of hydrogen-bond donors (Lipinski definition) is 2. The fraction of sp³-hybridized carbons (Fsp3) is 0.211. The fourth-order valence-corrected chi connectivity index (χ4v) is 2.99. The number of hydrogen-bond acceptors (Lipinski definition) is 1. The zero-order chi connectivity index (χ0) is 17.1. The summed E-state index contributed by atoms with van der Waals surface area (Å²) >= 11 is 5.94. The molecule has 0 saturated carbocycles. The number of benzene rings is 2. The molecule has 0 bridgehead atoms. The van der Waals surface area contributed by atoms with Gasteiger partial charge in [0.05, 0.1) is 6.42 Å². The second kappa shape index (κ2) is 7.05. The van der Waals surface area contributed by atoms with Gasteiger partial charge in [-0.25, -0.2) is 4.39 Å². The number of carbonyl (C=O) groups is 1. The molecule has 0 atom stereocenters. The predicted molar refractivity (Wildman–Crippen MR) is 94.9 cm³/mol. The molecule has 0 aliphatic rings. The van der Waals surface area contributed by atoms with Crippen LogP contribution >= 0.6 is 11.6 Å². The van der Waals surface area contributed by atoms with Crippen molar-refractivity contribution in [1.29, 1.82) is 0 Å². The number of aryl methyl sites for hydroxylation is 1. The van der Waals surface area contributed by atoms with Gasteiger partial charge >= 0.3 is 0 Å². The van der Waals surface area contributed by atoms with Gasteiger partial charge in [0.2, 0.25) is 5.91 Å². The first-order valence-electron chi connectivity index (χ1n) is 7.81. The third-order valence-electron chi connectivity index (χ3n) is 4.04. The quantitative estimate of drug-likeness (QED) is 0.717. The summed E-state index contributed by atoms with van der Waals surface area (Å²) in [5, 5.41) is 4.27. The summed E-state index contributed by atoms with van der Waals surface area (Å²) < 4.78 is 13.7. The van der Waals surface area contributed by atoms with Crippen LogP contribution in [0.3, 0.4) is 0 Å². The number of aromatic amines is 1.